The van der Waals surface area contributed by atoms with Gasteiger partial charge in [0.1, 0.15) is 5.82 Å². The average molecular weight is 293 g/mol. The molecule has 0 aliphatic rings. The molecule has 0 nitrogen and oxygen atoms in total. The Kier molecular flexibility index (Phi) is 1.44. The molecule has 0 unspecified atom stereocenters. The maximum atomic E-state index is 14.4. The Morgan fingerprint density at radius 1 is 1.20 bits per heavy atom. The van der Waals surface area contributed by atoms with Crippen molar-refractivity contribution in [2.75, 3.05) is 0 Å². The summed E-state index contributed by atoms with van der Waals surface area (Å²) in [4.78, 5) is 0. The highest BCUT2D eigenvalue weighted by atomic mass is 79.9. The molecule has 0 atom stereocenters. The Labute approximate surface area is 111 Å². The van der Waals surface area contributed by atoms with Crippen molar-refractivity contribution in [2.24, 2.45) is 0 Å². The van der Waals surface area contributed by atoms with Crippen molar-refractivity contribution >= 4 is 27.5 Å². The van der Waals surface area contributed by atoms with Crippen LogP contribution in [0.5, 0.6) is 0 Å². The molecule has 0 amide bonds. The van der Waals surface area contributed by atoms with E-state index < -0.39 is 64.3 Å². The molecule has 0 N–H and O–H groups in total. The summed E-state index contributed by atoms with van der Waals surface area (Å²) >= 11 is 8.63. The molecule has 0 bridgehead atoms. The fraction of sp³-hybridized carbons (Fsp3) is 0. The Balaban J connectivity index is 3.03. The highest BCUT2D eigenvalue weighted by Crippen LogP contribution is 2.33. The first-order chi connectivity index (χ1) is 10.1. The van der Waals surface area contributed by atoms with Gasteiger partial charge in [0.15, 0.2) is 0 Å². The van der Waals surface area contributed by atoms with E-state index in [1.165, 1.54) is 0 Å². The number of halogens is 3. The van der Waals surface area contributed by atoms with Crippen molar-refractivity contribution in [1.82, 2.24) is 0 Å². The number of benzene rings is 2. The van der Waals surface area contributed by atoms with Gasteiger partial charge in [0.25, 0.3) is 0 Å². The minimum atomic E-state index is -1.16. The molecule has 76 valence electrons. The molecule has 0 fully saturated rings. The highest BCUT2D eigenvalue weighted by Gasteiger charge is 2.10. The zero-order valence-electron chi connectivity index (χ0n) is 14.1. The molecule has 15 heavy (non-hydrogen) atoms. The molecular weight excluding hydrogens is 278 g/mol. The van der Waals surface area contributed by atoms with Gasteiger partial charge in [-0.2, -0.15) is 0 Å². The summed E-state index contributed by atoms with van der Waals surface area (Å²) in [6.45, 7) is 0. The topological polar surface area (TPSA) is 0 Å². The molecule has 0 radical (unpaired) electrons. The van der Waals surface area contributed by atoms with E-state index in [-0.39, 0.29) is 4.47 Å². The summed E-state index contributed by atoms with van der Waals surface area (Å²) in [5.41, 5.74) is -0.870. The fourth-order valence-electron chi connectivity index (χ4n) is 1.04. The van der Waals surface area contributed by atoms with Crippen LogP contribution in [0.1, 0.15) is 9.60 Å². The van der Waals surface area contributed by atoms with Crippen LogP contribution in [0, 0.1) is 5.82 Å². The Morgan fingerprint density at radius 3 is 2.53 bits per heavy atom. The number of hydrogen-bond acceptors (Lipinski definition) is 0. The van der Waals surface area contributed by atoms with Crippen LogP contribution < -0.4 is 0 Å². The second-order valence-corrected chi connectivity index (χ2v) is 3.74. The van der Waals surface area contributed by atoms with Gasteiger partial charge in [-0.15, -0.1) is 0 Å². The summed E-state index contributed by atoms with van der Waals surface area (Å²) in [5.74, 6) is -1.16. The van der Waals surface area contributed by atoms with Gasteiger partial charge in [-0.1, -0.05) is 41.8 Å². The summed E-state index contributed by atoms with van der Waals surface area (Å²) in [5, 5.41) is -0.430. The van der Waals surface area contributed by atoms with Gasteiger partial charge >= 0.3 is 0 Å². The third-order valence-electron chi connectivity index (χ3n) is 1.63. The van der Waals surface area contributed by atoms with Crippen molar-refractivity contribution in [2.45, 2.75) is 0 Å². The molecule has 0 aliphatic heterocycles. The lowest BCUT2D eigenvalue weighted by molar-refractivity contribution is 0.630. The van der Waals surface area contributed by atoms with E-state index in [2.05, 4.69) is 15.9 Å². The summed E-state index contributed by atoms with van der Waals surface area (Å²) < 4.78 is 68.0. The lowest BCUT2D eigenvalue weighted by atomic mass is 10.1. The zero-order valence-corrected chi connectivity index (χ0v) is 9.48. The molecule has 2 aromatic rings. The molecule has 3 heteroatoms. The fourth-order valence-corrected chi connectivity index (χ4v) is 1.90. The Hall–Kier alpha value is -0.860. The van der Waals surface area contributed by atoms with Gasteiger partial charge < -0.3 is 0 Å². The molecule has 0 heterocycles. The van der Waals surface area contributed by atoms with Crippen LogP contribution >= 0.6 is 27.5 Å². The Bertz CT molecular complexity index is 684. The molecule has 2 aromatic carbocycles. The summed E-state index contributed by atoms with van der Waals surface area (Å²) in [6.07, 6.45) is 0. The van der Waals surface area contributed by atoms with Crippen molar-refractivity contribution in [3.63, 3.8) is 0 Å². The highest BCUT2D eigenvalue weighted by molar-refractivity contribution is 9.10. The number of hydrogen-bond donors (Lipinski definition) is 0. The van der Waals surface area contributed by atoms with Crippen molar-refractivity contribution in [3.05, 3.63) is 57.6 Å². The quantitative estimate of drug-likeness (QED) is 0.700. The van der Waals surface area contributed by atoms with Gasteiger partial charge in [-0.3, -0.25) is 0 Å². The Morgan fingerprint density at radius 2 is 1.87 bits per heavy atom. The molecule has 2 rings (SSSR count). The van der Waals surface area contributed by atoms with Crippen LogP contribution in [0.4, 0.5) is 4.39 Å². The van der Waals surface area contributed by atoms with E-state index in [1.807, 2.05) is 0 Å². The maximum Gasteiger partial charge on any atom is 0.133 e. The van der Waals surface area contributed by atoms with E-state index in [0.29, 0.717) is 0 Å². The van der Waals surface area contributed by atoms with E-state index in [4.69, 9.17) is 21.2 Å². The van der Waals surface area contributed by atoms with Crippen molar-refractivity contribution < 1.29 is 14.0 Å². The third kappa shape index (κ3) is 2.21. The van der Waals surface area contributed by atoms with Crippen LogP contribution in [-0.2, 0) is 0 Å². The summed E-state index contributed by atoms with van der Waals surface area (Å²) in [7, 11) is 0. The van der Waals surface area contributed by atoms with E-state index in [9.17, 15) is 4.39 Å². The first-order valence-corrected chi connectivity index (χ1v) is 4.99. The van der Waals surface area contributed by atoms with Gasteiger partial charge in [0.2, 0.25) is 0 Å². The van der Waals surface area contributed by atoms with E-state index in [1.54, 1.807) is 0 Å². The van der Waals surface area contributed by atoms with Crippen molar-refractivity contribution in [1.29, 1.82) is 0 Å². The van der Waals surface area contributed by atoms with E-state index >= 15 is 0 Å². The summed E-state index contributed by atoms with van der Waals surface area (Å²) in [6, 6.07) is -4.27. The van der Waals surface area contributed by atoms with Crippen LogP contribution in [-0.4, -0.2) is 0 Å². The first-order valence-electron chi connectivity index (χ1n) is 7.32. The molecule has 0 aliphatic carbocycles. The molecule has 0 saturated heterocycles. The average Bonchev–Trinajstić information content (AvgIpc) is 2.50. The standard InChI is InChI=1S/C12H7BrClF/c13-10-6-9(14)7-11(15)12(10)8-4-2-1-3-5-8/h1-7H/i1D,2D,3D,4D,5D,6D,7D. The zero-order chi connectivity index (χ0) is 16.9. The van der Waals surface area contributed by atoms with Gasteiger partial charge in [0, 0.05) is 15.1 Å². The predicted molar refractivity (Wildman–Crippen MR) is 64.5 cm³/mol. The van der Waals surface area contributed by atoms with Gasteiger partial charge in [-0.05, 0) is 33.6 Å². The third-order valence-corrected chi connectivity index (χ3v) is 2.41. The van der Waals surface area contributed by atoms with Crippen LogP contribution in [0.25, 0.3) is 11.1 Å². The predicted octanol–water partition coefficient (Wildman–Crippen LogP) is 4.91. The van der Waals surface area contributed by atoms with Gasteiger partial charge in [0.05, 0.1) is 9.60 Å². The minimum absolute atomic E-state index is 0.176. The van der Waals surface area contributed by atoms with E-state index in [0.717, 1.165) is 0 Å². The lowest BCUT2D eigenvalue weighted by Gasteiger charge is -2.06. The van der Waals surface area contributed by atoms with Crippen LogP contribution in [0.15, 0.2) is 46.8 Å². The maximum absolute atomic E-state index is 14.4. The smallest absolute Gasteiger partial charge is 0.133 e. The minimum Gasteiger partial charge on any atom is -0.206 e. The second kappa shape index (κ2) is 4.33. The molecule has 0 saturated carbocycles. The largest absolute Gasteiger partial charge is 0.206 e. The van der Waals surface area contributed by atoms with Crippen LogP contribution in [0.3, 0.4) is 0 Å². The molecule has 0 aromatic heterocycles. The lowest BCUT2D eigenvalue weighted by Crippen LogP contribution is -1.86. The normalized spacial score (nSPS) is 16.9. The number of rotatable bonds is 1. The molecule has 0 spiro atoms. The second-order valence-electron chi connectivity index (χ2n) is 2.57. The first kappa shape index (κ1) is 4.98. The molecular formula is C12H7BrClF. The van der Waals surface area contributed by atoms with Crippen molar-refractivity contribution in [3.8, 4) is 11.1 Å². The SMILES string of the molecule is [2H]c1c([2H])c([2H])c(-c2c(F)c([2H])c(Cl)c([2H])c2Br)c([2H])c1[2H]. The van der Waals surface area contributed by atoms with Crippen LogP contribution in [0.2, 0.25) is 5.02 Å². The van der Waals surface area contributed by atoms with Gasteiger partial charge in [-0.25, -0.2) is 4.39 Å². The monoisotopic (exact) mass is 291 g/mol.